The van der Waals surface area contributed by atoms with Crippen LogP contribution in [0.15, 0.2) is 29.2 Å². The minimum absolute atomic E-state index is 0.0476. The van der Waals surface area contributed by atoms with Crippen LogP contribution in [0, 0.1) is 0 Å². The van der Waals surface area contributed by atoms with Crippen LogP contribution < -0.4 is 10.6 Å². The van der Waals surface area contributed by atoms with Crippen molar-refractivity contribution in [3.05, 3.63) is 24.3 Å². The highest BCUT2D eigenvalue weighted by molar-refractivity contribution is 7.99. The van der Waals surface area contributed by atoms with Gasteiger partial charge in [-0.25, -0.2) is 4.79 Å². The molecule has 1 aromatic rings. The number of urea groups is 1. The zero-order chi connectivity index (χ0) is 14.4. The van der Waals surface area contributed by atoms with Crippen molar-refractivity contribution in [2.45, 2.75) is 29.6 Å². The number of benzene rings is 1. The van der Waals surface area contributed by atoms with Crippen molar-refractivity contribution in [1.82, 2.24) is 5.32 Å². The molecule has 4 nitrogen and oxygen atoms in total. The first-order chi connectivity index (χ1) is 9.65. The van der Waals surface area contributed by atoms with Gasteiger partial charge in [-0.1, -0.05) is 23.9 Å². The molecule has 0 aromatic heterocycles. The lowest BCUT2D eigenvalue weighted by Crippen LogP contribution is -2.35. The molecule has 1 aliphatic heterocycles. The number of para-hydroxylation sites is 1. The smallest absolute Gasteiger partial charge is 0.319 e. The van der Waals surface area contributed by atoms with E-state index >= 15 is 0 Å². The summed E-state index contributed by atoms with van der Waals surface area (Å²) in [5.74, 6) is -2.52. The molecule has 1 aromatic carbocycles. The molecular formula is C13H16F2N2O2S. The van der Waals surface area contributed by atoms with Crippen molar-refractivity contribution >= 4 is 23.5 Å². The zero-order valence-corrected chi connectivity index (χ0v) is 11.6. The fourth-order valence-corrected chi connectivity index (χ4v) is 2.54. The van der Waals surface area contributed by atoms with Crippen molar-refractivity contribution in [1.29, 1.82) is 0 Å². The minimum atomic E-state index is -2.52. The summed E-state index contributed by atoms with van der Waals surface area (Å²) in [5.41, 5.74) is 0.377. The molecule has 2 rings (SSSR count). The number of carbonyl (C=O) groups is 1. The van der Waals surface area contributed by atoms with Crippen LogP contribution >= 0.6 is 11.8 Å². The van der Waals surface area contributed by atoms with E-state index in [0.29, 0.717) is 28.9 Å². The summed E-state index contributed by atoms with van der Waals surface area (Å²) < 4.78 is 30.2. The molecule has 1 unspecified atom stereocenters. The van der Waals surface area contributed by atoms with Crippen LogP contribution in [0.3, 0.4) is 0 Å². The molecule has 0 saturated carbocycles. The monoisotopic (exact) mass is 302 g/mol. The van der Waals surface area contributed by atoms with E-state index in [1.54, 1.807) is 24.3 Å². The van der Waals surface area contributed by atoms with Gasteiger partial charge in [-0.2, -0.15) is 8.78 Å². The van der Waals surface area contributed by atoms with E-state index in [0.717, 1.165) is 19.4 Å². The zero-order valence-electron chi connectivity index (χ0n) is 10.8. The fraction of sp³-hybridized carbons (Fsp3) is 0.462. The lowest BCUT2D eigenvalue weighted by molar-refractivity contribution is 0.112. The van der Waals surface area contributed by atoms with Gasteiger partial charge in [0.25, 0.3) is 5.76 Å². The van der Waals surface area contributed by atoms with Gasteiger partial charge in [-0.05, 0) is 25.0 Å². The first-order valence-electron chi connectivity index (χ1n) is 6.35. The Kier molecular flexibility index (Phi) is 5.60. The van der Waals surface area contributed by atoms with Gasteiger partial charge in [-0.3, -0.25) is 0 Å². The average molecular weight is 302 g/mol. The molecule has 0 spiro atoms. The van der Waals surface area contributed by atoms with Gasteiger partial charge in [-0.15, -0.1) is 0 Å². The van der Waals surface area contributed by atoms with E-state index in [2.05, 4.69) is 10.6 Å². The lowest BCUT2D eigenvalue weighted by Gasteiger charge is -2.13. The van der Waals surface area contributed by atoms with Gasteiger partial charge in [0.15, 0.2) is 0 Å². The van der Waals surface area contributed by atoms with Gasteiger partial charge in [0.2, 0.25) is 0 Å². The summed E-state index contributed by atoms with van der Waals surface area (Å²) in [6, 6.07) is 6.07. The second-order valence-electron chi connectivity index (χ2n) is 4.34. The molecule has 0 radical (unpaired) electrons. The van der Waals surface area contributed by atoms with Crippen LogP contribution in [0.4, 0.5) is 19.3 Å². The van der Waals surface area contributed by atoms with Gasteiger partial charge in [0, 0.05) is 18.0 Å². The molecule has 2 N–H and O–H groups in total. The molecule has 0 bridgehead atoms. The van der Waals surface area contributed by atoms with Crippen LogP contribution in [0.1, 0.15) is 12.8 Å². The Morgan fingerprint density at radius 3 is 2.95 bits per heavy atom. The summed E-state index contributed by atoms with van der Waals surface area (Å²) in [7, 11) is 0. The van der Waals surface area contributed by atoms with Crippen LogP contribution in [0.2, 0.25) is 0 Å². The van der Waals surface area contributed by atoms with Crippen LogP contribution in [0.25, 0.3) is 0 Å². The van der Waals surface area contributed by atoms with Gasteiger partial charge in [0.05, 0.1) is 11.8 Å². The fourth-order valence-electron chi connectivity index (χ4n) is 1.95. The number of thioether (sulfide) groups is 1. The third-order valence-electron chi connectivity index (χ3n) is 2.87. The number of hydrogen-bond acceptors (Lipinski definition) is 3. The van der Waals surface area contributed by atoms with Crippen molar-refractivity contribution in [3.63, 3.8) is 0 Å². The number of rotatable bonds is 5. The maximum absolute atomic E-state index is 12.4. The van der Waals surface area contributed by atoms with Crippen LogP contribution in [0.5, 0.6) is 0 Å². The predicted molar refractivity (Wildman–Crippen MR) is 74.3 cm³/mol. The summed E-state index contributed by atoms with van der Waals surface area (Å²) in [6.07, 6.45) is 1.98. The molecule has 7 heteroatoms. The molecule has 1 heterocycles. The number of alkyl halides is 2. The van der Waals surface area contributed by atoms with E-state index in [9.17, 15) is 13.6 Å². The van der Waals surface area contributed by atoms with E-state index in [1.165, 1.54) is 0 Å². The normalized spacial score (nSPS) is 18.2. The Hall–Kier alpha value is -1.34. The third kappa shape index (κ3) is 4.64. The highest BCUT2D eigenvalue weighted by Crippen LogP contribution is 2.31. The minimum Gasteiger partial charge on any atom is -0.376 e. The summed E-state index contributed by atoms with van der Waals surface area (Å²) >= 11 is 0.410. The summed E-state index contributed by atoms with van der Waals surface area (Å²) in [4.78, 5) is 12.1. The van der Waals surface area contributed by atoms with Crippen LogP contribution in [-0.2, 0) is 4.74 Å². The molecular weight excluding hydrogens is 286 g/mol. The lowest BCUT2D eigenvalue weighted by atomic mass is 10.2. The maximum atomic E-state index is 12.4. The summed E-state index contributed by atoms with van der Waals surface area (Å²) in [6.45, 7) is 1.15. The van der Waals surface area contributed by atoms with Crippen LogP contribution in [-0.4, -0.2) is 31.0 Å². The summed E-state index contributed by atoms with van der Waals surface area (Å²) in [5, 5.41) is 5.26. The maximum Gasteiger partial charge on any atom is 0.319 e. The molecule has 110 valence electrons. The first-order valence-corrected chi connectivity index (χ1v) is 7.23. The SMILES string of the molecule is O=C(NCC1CCCO1)Nc1ccccc1SC(F)F. The average Bonchev–Trinajstić information content (AvgIpc) is 2.91. The first kappa shape index (κ1) is 15.1. The molecule has 2 amide bonds. The number of amides is 2. The Labute approximate surface area is 120 Å². The van der Waals surface area contributed by atoms with E-state index in [-0.39, 0.29) is 6.10 Å². The van der Waals surface area contributed by atoms with Crippen molar-refractivity contribution in [3.8, 4) is 0 Å². The Morgan fingerprint density at radius 2 is 2.25 bits per heavy atom. The molecule has 1 saturated heterocycles. The highest BCUT2D eigenvalue weighted by atomic mass is 32.2. The third-order valence-corrected chi connectivity index (χ3v) is 3.65. The number of halogens is 2. The van der Waals surface area contributed by atoms with Gasteiger partial charge < -0.3 is 15.4 Å². The standard InChI is InChI=1S/C13H16F2N2O2S/c14-12(15)20-11-6-2-1-5-10(11)17-13(18)16-8-9-4-3-7-19-9/h1-2,5-6,9,12H,3-4,7-8H2,(H2,16,17,18). The van der Waals surface area contributed by atoms with E-state index < -0.39 is 11.8 Å². The number of hydrogen-bond donors (Lipinski definition) is 2. The second kappa shape index (κ2) is 7.44. The number of carbonyl (C=O) groups excluding carboxylic acids is 1. The largest absolute Gasteiger partial charge is 0.376 e. The molecule has 1 fully saturated rings. The van der Waals surface area contributed by atoms with Crippen molar-refractivity contribution in [2.75, 3.05) is 18.5 Å². The Morgan fingerprint density at radius 1 is 1.45 bits per heavy atom. The van der Waals surface area contributed by atoms with Gasteiger partial charge in [0.1, 0.15) is 0 Å². The van der Waals surface area contributed by atoms with E-state index in [1.807, 2.05) is 0 Å². The highest BCUT2D eigenvalue weighted by Gasteiger charge is 2.17. The Balaban J connectivity index is 1.86. The number of ether oxygens (including phenoxy) is 1. The topological polar surface area (TPSA) is 50.4 Å². The van der Waals surface area contributed by atoms with Gasteiger partial charge >= 0.3 is 6.03 Å². The van der Waals surface area contributed by atoms with E-state index in [4.69, 9.17) is 4.74 Å². The molecule has 0 aliphatic carbocycles. The molecule has 20 heavy (non-hydrogen) atoms. The molecule has 1 atom stereocenters. The second-order valence-corrected chi connectivity index (χ2v) is 5.38. The number of anilines is 1. The quantitative estimate of drug-likeness (QED) is 0.821. The predicted octanol–water partition coefficient (Wildman–Crippen LogP) is 3.30. The Bertz CT molecular complexity index is 454. The van der Waals surface area contributed by atoms with Crippen molar-refractivity contribution < 1.29 is 18.3 Å². The van der Waals surface area contributed by atoms with Crippen molar-refractivity contribution in [2.24, 2.45) is 0 Å². The molecule has 1 aliphatic rings. The number of nitrogens with one attached hydrogen (secondary N) is 2.